The SMILES string of the molecule is NC1CCN(Cc2cccc3c2C(=O)N(C2CCC(=O)NC2=O)C3=O)C12CCC2. The molecule has 3 N–H and O–H groups in total. The number of piperidine rings is 1. The van der Waals surface area contributed by atoms with E-state index in [9.17, 15) is 19.2 Å². The molecule has 4 aliphatic rings. The average Bonchev–Trinajstić information content (AvgIpc) is 3.11. The molecule has 2 saturated heterocycles. The predicted octanol–water partition coefficient (Wildman–Crippen LogP) is 0.543. The van der Waals surface area contributed by atoms with E-state index < -0.39 is 23.8 Å². The first-order valence-corrected chi connectivity index (χ1v) is 10.3. The molecule has 0 aromatic heterocycles. The van der Waals surface area contributed by atoms with Crippen LogP contribution >= 0.6 is 0 Å². The Balaban J connectivity index is 1.45. The average molecular weight is 396 g/mol. The van der Waals surface area contributed by atoms with Gasteiger partial charge in [0.15, 0.2) is 0 Å². The maximum atomic E-state index is 13.2. The molecule has 1 aliphatic carbocycles. The number of rotatable bonds is 3. The zero-order valence-corrected chi connectivity index (χ0v) is 16.1. The number of hydrogen-bond donors (Lipinski definition) is 2. The van der Waals surface area contributed by atoms with Gasteiger partial charge in [-0.15, -0.1) is 0 Å². The number of likely N-dealkylation sites (tertiary alicyclic amines) is 1. The van der Waals surface area contributed by atoms with Crippen LogP contribution in [0.4, 0.5) is 0 Å². The van der Waals surface area contributed by atoms with Crippen molar-refractivity contribution in [2.75, 3.05) is 6.54 Å². The molecule has 152 valence electrons. The van der Waals surface area contributed by atoms with Gasteiger partial charge < -0.3 is 5.73 Å². The van der Waals surface area contributed by atoms with Gasteiger partial charge in [0.25, 0.3) is 11.8 Å². The van der Waals surface area contributed by atoms with Gasteiger partial charge in [-0.2, -0.15) is 0 Å². The Morgan fingerprint density at radius 1 is 1.10 bits per heavy atom. The molecule has 8 heteroatoms. The second kappa shape index (κ2) is 6.47. The van der Waals surface area contributed by atoms with Gasteiger partial charge in [-0.1, -0.05) is 12.1 Å². The Hall–Kier alpha value is -2.58. The van der Waals surface area contributed by atoms with Crippen LogP contribution in [0, 0.1) is 0 Å². The molecular formula is C21H24N4O4. The number of benzene rings is 1. The summed E-state index contributed by atoms with van der Waals surface area (Å²) in [6, 6.07) is 4.52. The largest absolute Gasteiger partial charge is 0.326 e. The predicted molar refractivity (Wildman–Crippen MR) is 103 cm³/mol. The highest BCUT2D eigenvalue weighted by Gasteiger charge is 2.51. The topological polar surface area (TPSA) is 113 Å². The maximum Gasteiger partial charge on any atom is 0.262 e. The number of nitrogens with zero attached hydrogens (tertiary/aromatic N) is 2. The first-order chi connectivity index (χ1) is 13.9. The fraction of sp³-hybridized carbons (Fsp3) is 0.524. The van der Waals surface area contributed by atoms with Gasteiger partial charge in [-0.25, -0.2) is 0 Å². The second-order valence-electron chi connectivity index (χ2n) is 8.56. The van der Waals surface area contributed by atoms with Gasteiger partial charge in [-0.3, -0.25) is 34.3 Å². The lowest BCUT2D eigenvalue weighted by atomic mass is 9.72. The van der Waals surface area contributed by atoms with E-state index in [4.69, 9.17) is 5.73 Å². The first kappa shape index (κ1) is 18.4. The molecule has 3 aliphatic heterocycles. The third-order valence-electron chi connectivity index (χ3n) is 7.17. The van der Waals surface area contributed by atoms with E-state index >= 15 is 0 Å². The van der Waals surface area contributed by atoms with Crippen molar-refractivity contribution in [3.8, 4) is 0 Å². The molecule has 0 radical (unpaired) electrons. The standard InChI is InChI=1S/C21H24N4O4/c22-15-7-10-24(21(15)8-2-9-21)11-12-3-1-4-13-17(12)20(29)25(19(13)28)14-5-6-16(26)23-18(14)27/h1,3-4,14-15H,2,5-11,22H2,(H,23,26,27). The van der Waals surface area contributed by atoms with Gasteiger partial charge >= 0.3 is 0 Å². The Labute approximate surface area is 168 Å². The minimum atomic E-state index is -0.939. The van der Waals surface area contributed by atoms with Crippen LogP contribution in [0.2, 0.25) is 0 Å². The minimum Gasteiger partial charge on any atom is -0.326 e. The number of carbonyl (C=O) groups is 4. The fourth-order valence-corrected chi connectivity index (χ4v) is 5.41. The molecular weight excluding hydrogens is 372 g/mol. The zero-order chi connectivity index (χ0) is 20.3. The molecule has 1 aromatic carbocycles. The number of fused-ring (bicyclic) bond motifs is 1. The Morgan fingerprint density at radius 3 is 2.59 bits per heavy atom. The fourth-order valence-electron chi connectivity index (χ4n) is 5.41. The number of hydrogen-bond acceptors (Lipinski definition) is 6. The van der Waals surface area contributed by atoms with Gasteiger partial charge in [-0.05, 0) is 43.7 Å². The van der Waals surface area contributed by atoms with Crippen LogP contribution < -0.4 is 11.1 Å². The van der Waals surface area contributed by atoms with E-state index in [-0.39, 0.29) is 30.3 Å². The van der Waals surface area contributed by atoms with Crippen molar-refractivity contribution in [3.05, 3.63) is 34.9 Å². The van der Waals surface area contributed by atoms with Crippen LogP contribution in [-0.2, 0) is 16.1 Å². The van der Waals surface area contributed by atoms with Crippen molar-refractivity contribution >= 4 is 23.6 Å². The summed E-state index contributed by atoms with van der Waals surface area (Å²) in [6.07, 6.45) is 4.51. The van der Waals surface area contributed by atoms with Crippen molar-refractivity contribution in [2.45, 2.75) is 62.7 Å². The second-order valence-corrected chi connectivity index (χ2v) is 8.56. The van der Waals surface area contributed by atoms with Crippen LogP contribution in [0.15, 0.2) is 18.2 Å². The van der Waals surface area contributed by atoms with E-state index in [1.807, 2.05) is 6.07 Å². The van der Waals surface area contributed by atoms with Crippen molar-refractivity contribution in [1.82, 2.24) is 15.1 Å². The van der Waals surface area contributed by atoms with E-state index in [0.29, 0.717) is 17.7 Å². The highest BCUT2D eigenvalue weighted by atomic mass is 16.2. The number of amides is 4. The number of nitrogens with two attached hydrogens (primary N) is 1. The maximum absolute atomic E-state index is 13.2. The number of carbonyl (C=O) groups excluding carboxylic acids is 4. The van der Waals surface area contributed by atoms with Crippen molar-refractivity contribution in [1.29, 1.82) is 0 Å². The third-order valence-corrected chi connectivity index (χ3v) is 7.17. The molecule has 1 aromatic rings. The van der Waals surface area contributed by atoms with Crippen LogP contribution in [-0.4, -0.2) is 57.6 Å². The summed E-state index contributed by atoms with van der Waals surface area (Å²) < 4.78 is 0. The molecule has 2 unspecified atom stereocenters. The Bertz CT molecular complexity index is 939. The molecule has 4 amide bonds. The monoisotopic (exact) mass is 396 g/mol. The van der Waals surface area contributed by atoms with Crippen LogP contribution in [0.3, 0.4) is 0 Å². The molecule has 1 spiro atoms. The third kappa shape index (κ3) is 2.59. The zero-order valence-electron chi connectivity index (χ0n) is 16.1. The Morgan fingerprint density at radius 2 is 1.90 bits per heavy atom. The lowest BCUT2D eigenvalue weighted by molar-refractivity contribution is -0.136. The minimum absolute atomic E-state index is 0.0116. The van der Waals surface area contributed by atoms with E-state index in [1.54, 1.807) is 12.1 Å². The molecule has 0 bridgehead atoms. The normalized spacial score (nSPS) is 28.7. The smallest absolute Gasteiger partial charge is 0.262 e. The van der Waals surface area contributed by atoms with Crippen LogP contribution in [0.25, 0.3) is 0 Å². The quantitative estimate of drug-likeness (QED) is 0.722. The van der Waals surface area contributed by atoms with Crippen molar-refractivity contribution in [2.24, 2.45) is 5.73 Å². The number of nitrogens with one attached hydrogen (secondary N) is 1. The van der Waals surface area contributed by atoms with Gasteiger partial charge in [0.1, 0.15) is 6.04 Å². The first-order valence-electron chi connectivity index (χ1n) is 10.3. The summed E-state index contributed by atoms with van der Waals surface area (Å²) in [4.78, 5) is 53.3. The summed E-state index contributed by atoms with van der Waals surface area (Å²) in [5.74, 6) is -1.87. The highest BCUT2D eigenvalue weighted by molar-refractivity contribution is 6.24. The molecule has 29 heavy (non-hydrogen) atoms. The summed E-state index contributed by atoms with van der Waals surface area (Å²) in [5.41, 5.74) is 7.92. The molecule has 5 rings (SSSR count). The van der Waals surface area contributed by atoms with E-state index in [0.717, 1.165) is 42.7 Å². The van der Waals surface area contributed by atoms with E-state index in [2.05, 4.69) is 10.2 Å². The lowest BCUT2D eigenvalue weighted by Gasteiger charge is -2.48. The van der Waals surface area contributed by atoms with Gasteiger partial charge in [0.05, 0.1) is 11.1 Å². The van der Waals surface area contributed by atoms with Crippen LogP contribution in [0.1, 0.15) is 64.8 Å². The van der Waals surface area contributed by atoms with E-state index in [1.165, 1.54) is 0 Å². The van der Waals surface area contributed by atoms with Gasteiger partial charge in [0.2, 0.25) is 11.8 Å². The summed E-state index contributed by atoms with van der Waals surface area (Å²) in [7, 11) is 0. The summed E-state index contributed by atoms with van der Waals surface area (Å²) >= 11 is 0. The summed E-state index contributed by atoms with van der Waals surface area (Å²) in [6.45, 7) is 1.45. The van der Waals surface area contributed by atoms with Crippen LogP contribution in [0.5, 0.6) is 0 Å². The van der Waals surface area contributed by atoms with Gasteiger partial charge in [0, 0.05) is 31.1 Å². The Kier molecular flexibility index (Phi) is 4.11. The molecule has 2 atom stereocenters. The molecule has 8 nitrogen and oxygen atoms in total. The number of imide groups is 2. The molecule has 3 fully saturated rings. The highest BCUT2D eigenvalue weighted by Crippen LogP contribution is 2.46. The lowest BCUT2D eigenvalue weighted by Crippen LogP contribution is -2.58. The summed E-state index contributed by atoms with van der Waals surface area (Å²) in [5, 5.41) is 2.23. The van der Waals surface area contributed by atoms with Crippen molar-refractivity contribution < 1.29 is 19.2 Å². The van der Waals surface area contributed by atoms with Crippen molar-refractivity contribution in [3.63, 3.8) is 0 Å². The molecule has 3 heterocycles. The molecule has 1 saturated carbocycles.